The van der Waals surface area contributed by atoms with E-state index in [4.69, 9.17) is 51.9 Å². The number of ether oxygens (including phenoxy) is 6. The Balaban J connectivity index is 1.44. The molecule has 0 bridgehead atoms. The van der Waals surface area contributed by atoms with Gasteiger partial charge in [0.25, 0.3) is 8.53 Å². The Labute approximate surface area is 438 Å². The maximum atomic E-state index is 13.2. The lowest BCUT2D eigenvalue weighted by Crippen LogP contribution is -2.39. The average molecular weight is 1080 g/mol. The van der Waals surface area contributed by atoms with Crippen LogP contribution in [0.5, 0.6) is 17.4 Å². The fourth-order valence-corrected chi connectivity index (χ4v) is 12.5. The molecule has 1 N–H and O–H groups in total. The molecule has 1 fully saturated rings. The molecule has 0 radical (unpaired) electrons. The number of carbonyl (C=O) groups is 1. The zero-order valence-corrected chi connectivity index (χ0v) is 49.8. The second-order valence-electron chi connectivity index (χ2n) is 22.3. The molecule has 16 nitrogen and oxygen atoms in total. The standard InChI is InChI=1S/C53H81N6O10PSi3/c1-38(2)59(39(3)4)70(66-32-34-72(10,11)12)69-45-35-47(58-37-54-48-49(58)55-51(57-52(60)64-31-33-71(7,8)9)56-50(48)63-29-30-67-73(13,14)15)68-46(45)36-65-53(40-19-17-16-18-20-40,41-21-25-43(61-5)26-22-41)42-23-27-44(62-6)28-24-42/h16-28,37-39,45-47H,29-36H2,1-15H3,(H,55,56,57,60)/t45-,46+,47+,70?/m0/s1. The predicted octanol–water partition coefficient (Wildman–Crippen LogP) is 12.3. The minimum absolute atomic E-state index is 0.00880. The molecule has 5 aromatic rings. The zero-order valence-electron chi connectivity index (χ0n) is 45.9. The van der Waals surface area contributed by atoms with Gasteiger partial charge in [-0.1, -0.05) is 93.9 Å². The van der Waals surface area contributed by atoms with Gasteiger partial charge in [0.05, 0.1) is 53.1 Å². The Hall–Kier alpha value is -4.28. The van der Waals surface area contributed by atoms with Gasteiger partial charge in [-0.15, -0.1) is 0 Å². The molecule has 0 aliphatic carbocycles. The van der Waals surface area contributed by atoms with Crippen molar-refractivity contribution >= 4 is 56.2 Å². The van der Waals surface area contributed by atoms with E-state index < -0.39 is 63.1 Å². The number of anilines is 1. The highest BCUT2D eigenvalue weighted by atomic mass is 31.2. The first-order chi connectivity index (χ1) is 34.5. The number of rotatable bonds is 27. The number of hydrogen-bond acceptors (Lipinski definition) is 14. The van der Waals surface area contributed by atoms with Gasteiger partial charge in [-0.05, 0) is 100 Å². The lowest BCUT2D eigenvalue weighted by atomic mass is 9.80. The summed E-state index contributed by atoms with van der Waals surface area (Å²) in [5.41, 5.74) is 2.36. The highest BCUT2D eigenvalue weighted by Gasteiger charge is 2.45. The van der Waals surface area contributed by atoms with Gasteiger partial charge in [-0.25, -0.2) is 14.4 Å². The first-order valence-electron chi connectivity index (χ1n) is 25.5. The van der Waals surface area contributed by atoms with E-state index in [1.807, 2.05) is 71.3 Å². The second-order valence-corrected chi connectivity index (χ2v) is 39.5. The number of fused-ring (bicyclic) bond motifs is 1. The number of imidazole rings is 1. The summed E-state index contributed by atoms with van der Waals surface area (Å²) >= 11 is 0. The van der Waals surface area contributed by atoms with Crippen LogP contribution >= 0.6 is 8.53 Å². The zero-order chi connectivity index (χ0) is 53.1. The van der Waals surface area contributed by atoms with Gasteiger partial charge >= 0.3 is 6.09 Å². The molecule has 0 spiro atoms. The van der Waals surface area contributed by atoms with Crippen LogP contribution in [-0.4, -0.2) is 126 Å². The van der Waals surface area contributed by atoms with Crippen LogP contribution in [0.25, 0.3) is 11.2 Å². The molecule has 1 aliphatic rings. The van der Waals surface area contributed by atoms with E-state index in [2.05, 4.69) is 114 Å². The van der Waals surface area contributed by atoms with Gasteiger partial charge in [-0.2, -0.15) is 9.97 Å². The van der Waals surface area contributed by atoms with Crippen LogP contribution in [0.1, 0.15) is 57.0 Å². The molecule has 400 valence electrons. The Kier molecular flexibility index (Phi) is 20.3. The summed E-state index contributed by atoms with van der Waals surface area (Å²) < 4.78 is 62.3. The SMILES string of the molecule is COc1ccc(C(OC[C@H]2O[C@@H](n3cnc4c(OCCO[Si](C)(C)C)nc(NC(=O)OCC[Si](C)(C)C)nc43)C[C@@H]2OP(OCC[Si](C)(C)C)N(C(C)C)C(C)C)(c2ccccc2)c2ccc(OC)cc2)cc1. The number of methoxy groups -OCH3 is 2. The fourth-order valence-electron chi connectivity index (χ4n) is 8.41. The molecular weight excluding hydrogens is 996 g/mol. The Morgan fingerprint density at radius 3 is 1.90 bits per heavy atom. The predicted molar refractivity (Wildman–Crippen MR) is 298 cm³/mol. The monoisotopic (exact) mass is 1080 g/mol. The first kappa shape index (κ1) is 58.0. The second kappa shape index (κ2) is 25.5. The summed E-state index contributed by atoms with van der Waals surface area (Å²) in [4.78, 5) is 27.5. The van der Waals surface area contributed by atoms with Crippen LogP contribution in [-0.2, 0) is 33.3 Å². The molecule has 1 aliphatic heterocycles. The van der Waals surface area contributed by atoms with Crippen molar-refractivity contribution in [2.45, 2.75) is 141 Å². The van der Waals surface area contributed by atoms with E-state index in [-0.39, 0.29) is 43.7 Å². The molecule has 6 rings (SSSR count). The summed E-state index contributed by atoms with van der Waals surface area (Å²) in [6, 6.07) is 28.2. The number of carbonyl (C=O) groups excluding carboxylic acids is 1. The van der Waals surface area contributed by atoms with Crippen LogP contribution in [0.15, 0.2) is 85.2 Å². The molecule has 4 atom stereocenters. The molecule has 1 unspecified atom stereocenters. The Morgan fingerprint density at radius 2 is 1.36 bits per heavy atom. The molecule has 3 aromatic carbocycles. The third-order valence-electron chi connectivity index (χ3n) is 12.2. The molecule has 2 aromatic heterocycles. The van der Waals surface area contributed by atoms with Crippen molar-refractivity contribution in [3.8, 4) is 17.4 Å². The van der Waals surface area contributed by atoms with Crippen LogP contribution in [0.4, 0.5) is 10.7 Å². The van der Waals surface area contributed by atoms with Gasteiger partial charge in [-0.3, -0.25) is 9.88 Å². The third kappa shape index (κ3) is 16.1. The van der Waals surface area contributed by atoms with Crippen molar-refractivity contribution in [1.29, 1.82) is 0 Å². The molecule has 1 amide bonds. The number of aromatic nitrogens is 4. The number of nitrogens with zero attached hydrogens (tertiary/aromatic N) is 5. The maximum Gasteiger partial charge on any atom is 0.414 e. The van der Waals surface area contributed by atoms with Crippen molar-refractivity contribution in [2.75, 3.05) is 52.6 Å². The van der Waals surface area contributed by atoms with Gasteiger partial charge in [0.1, 0.15) is 36.0 Å². The van der Waals surface area contributed by atoms with E-state index in [0.717, 1.165) is 40.3 Å². The van der Waals surface area contributed by atoms with Crippen molar-refractivity contribution in [2.24, 2.45) is 0 Å². The molecule has 1 saturated heterocycles. The van der Waals surface area contributed by atoms with Crippen LogP contribution in [0.2, 0.25) is 71.0 Å². The average Bonchev–Trinajstić information content (AvgIpc) is 3.93. The van der Waals surface area contributed by atoms with Gasteiger partial charge in [0.15, 0.2) is 19.5 Å². The van der Waals surface area contributed by atoms with Crippen LogP contribution in [0.3, 0.4) is 0 Å². The molecule has 73 heavy (non-hydrogen) atoms. The van der Waals surface area contributed by atoms with Gasteiger partial charge in [0.2, 0.25) is 11.8 Å². The molecule has 0 saturated carbocycles. The number of benzene rings is 3. The molecule has 3 heterocycles. The number of amides is 1. The minimum Gasteiger partial charge on any atom is -0.497 e. The van der Waals surface area contributed by atoms with Crippen molar-refractivity contribution in [1.82, 2.24) is 24.2 Å². The van der Waals surface area contributed by atoms with Crippen molar-refractivity contribution < 1.29 is 46.7 Å². The smallest absolute Gasteiger partial charge is 0.414 e. The number of nitrogens with one attached hydrogen (secondary N) is 1. The first-order valence-corrected chi connectivity index (χ1v) is 37.4. The van der Waals surface area contributed by atoms with Crippen LogP contribution in [0, 0.1) is 0 Å². The fraction of sp³-hybridized carbons (Fsp3) is 0.547. The summed E-state index contributed by atoms with van der Waals surface area (Å²) in [5, 5.41) is 2.76. The highest BCUT2D eigenvalue weighted by Crippen LogP contribution is 2.51. The lowest BCUT2D eigenvalue weighted by Gasteiger charge is -2.39. The van der Waals surface area contributed by atoms with Crippen LogP contribution < -0.4 is 19.5 Å². The summed E-state index contributed by atoms with van der Waals surface area (Å²) in [6.07, 6.45) is -0.417. The largest absolute Gasteiger partial charge is 0.497 e. The Morgan fingerprint density at radius 1 is 0.781 bits per heavy atom. The normalized spacial score (nSPS) is 17.2. The van der Waals surface area contributed by atoms with Crippen molar-refractivity contribution in [3.63, 3.8) is 0 Å². The number of hydrogen-bond donors (Lipinski definition) is 1. The third-order valence-corrected chi connectivity index (χ3v) is 18.8. The van der Waals surface area contributed by atoms with E-state index in [0.29, 0.717) is 30.8 Å². The van der Waals surface area contributed by atoms with Gasteiger partial charge in [0, 0.05) is 34.7 Å². The van der Waals surface area contributed by atoms with Gasteiger partial charge < -0.3 is 41.9 Å². The van der Waals surface area contributed by atoms with E-state index in [1.165, 1.54) is 0 Å². The summed E-state index contributed by atoms with van der Waals surface area (Å²) in [6.45, 7) is 30.4. The molecular formula is C53H81N6O10PSi3. The van der Waals surface area contributed by atoms with E-state index in [9.17, 15) is 4.79 Å². The maximum absolute atomic E-state index is 13.2. The summed E-state index contributed by atoms with van der Waals surface area (Å²) in [5.74, 6) is 1.65. The molecule has 20 heteroatoms. The van der Waals surface area contributed by atoms with E-state index >= 15 is 0 Å². The Bertz CT molecular complexity index is 2450. The quantitative estimate of drug-likeness (QED) is 0.0229. The lowest BCUT2D eigenvalue weighted by molar-refractivity contribution is -0.0911. The minimum atomic E-state index is -1.83. The summed E-state index contributed by atoms with van der Waals surface area (Å²) in [7, 11) is -3.02. The van der Waals surface area contributed by atoms with E-state index in [1.54, 1.807) is 20.5 Å². The topological polar surface area (TPSA) is 159 Å². The van der Waals surface area contributed by atoms with Crippen molar-refractivity contribution in [3.05, 3.63) is 102 Å². The highest BCUT2D eigenvalue weighted by molar-refractivity contribution is 7.44.